The van der Waals surface area contributed by atoms with Gasteiger partial charge in [0.15, 0.2) is 5.65 Å². The maximum Gasteiger partial charge on any atom is 0.165 e. The number of nitrogen functional groups attached to an aromatic ring is 1. The molecular formula is C20H15N5O. The zero-order chi connectivity index (χ0) is 17.9. The molecule has 0 bridgehead atoms. The van der Waals surface area contributed by atoms with E-state index in [-0.39, 0.29) is 18.0 Å². The molecule has 0 unspecified atom stereocenters. The van der Waals surface area contributed by atoms with Crippen LogP contribution in [0.1, 0.15) is 11.3 Å². The van der Waals surface area contributed by atoms with Gasteiger partial charge in [0.1, 0.15) is 35.5 Å². The monoisotopic (exact) mass is 341 g/mol. The molecule has 0 saturated carbocycles. The summed E-state index contributed by atoms with van der Waals surface area (Å²) in [5, 5.41) is 13.8. The van der Waals surface area contributed by atoms with Crippen LogP contribution in [0.4, 0.5) is 5.82 Å². The lowest BCUT2D eigenvalue weighted by atomic mass is 10.1. The van der Waals surface area contributed by atoms with E-state index in [1.807, 2.05) is 66.7 Å². The van der Waals surface area contributed by atoms with E-state index in [1.54, 1.807) is 0 Å². The van der Waals surface area contributed by atoms with E-state index >= 15 is 0 Å². The second kappa shape index (κ2) is 6.57. The van der Waals surface area contributed by atoms with Gasteiger partial charge in [0.05, 0.1) is 11.8 Å². The SMILES string of the molecule is N#Cc1cnc2c(-c3ccccc3)c(COc3ccccc3)nn2c1N. The van der Waals surface area contributed by atoms with Gasteiger partial charge in [-0.2, -0.15) is 14.9 Å². The molecule has 0 atom stereocenters. The highest BCUT2D eigenvalue weighted by atomic mass is 16.5. The zero-order valence-corrected chi connectivity index (χ0v) is 13.8. The van der Waals surface area contributed by atoms with E-state index in [9.17, 15) is 5.26 Å². The minimum Gasteiger partial charge on any atom is -0.487 e. The van der Waals surface area contributed by atoms with E-state index in [0.717, 1.165) is 16.9 Å². The molecule has 0 fully saturated rings. The van der Waals surface area contributed by atoms with Crippen LogP contribution in [0.3, 0.4) is 0 Å². The lowest BCUT2D eigenvalue weighted by Crippen LogP contribution is -2.03. The summed E-state index contributed by atoms with van der Waals surface area (Å²) in [5.74, 6) is 1.02. The molecule has 6 heteroatoms. The maximum atomic E-state index is 9.19. The van der Waals surface area contributed by atoms with E-state index in [4.69, 9.17) is 10.5 Å². The summed E-state index contributed by atoms with van der Waals surface area (Å²) >= 11 is 0. The lowest BCUT2D eigenvalue weighted by molar-refractivity contribution is 0.301. The fourth-order valence-electron chi connectivity index (χ4n) is 2.80. The summed E-state index contributed by atoms with van der Waals surface area (Å²) in [6.07, 6.45) is 1.47. The molecule has 4 aromatic rings. The van der Waals surface area contributed by atoms with Gasteiger partial charge in [0.25, 0.3) is 0 Å². The molecule has 6 nitrogen and oxygen atoms in total. The van der Waals surface area contributed by atoms with E-state index in [0.29, 0.717) is 11.3 Å². The van der Waals surface area contributed by atoms with Crippen molar-refractivity contribution in [3.8, 4) is 22.9 Å². The first-order chi connectivity index (χ1) is 12.8. The second-order valence-corrected chi connectivity index (χ2v) is 5.69. The number of nitrogens with zero attached hydrogens (tertiary/aromatic N) is 4. The third kappa shape index (κ3) is 2.72. The van der Waals surface area contributed by atoms with Gasteiger partial charge in [-0.25, -0.2) is 4.98 Å². The molecule has 2 N–H and O–H groups in total. The van der Waals surface area contributed by atoms with Crippen LogP contribution in [-0.4, -0.2) is 14.6 Å². The fourth-order valence-corrected chi connectivity index (χ4v) is 2.80. The number of para-hydroxylation sites is 1. The van der Waals surface area contributed by atoms with Crippen molar-refractivity contribution in [3.63, 3.8) is 0 Å². The second-order valence-electron chi connectivity index (χ2n) is 5.69. The Hall–Kier alpha value is -3.85. The van der Waals surface area contributed by atoms with Crippen molar-refractivity contribution >= 4 is 11.5 Å². The van der Waals surface area contributed by atoms with Crippen LogP contribution in [0.5, 0.6) is 5.75 Å². The Balaban J connectivity index is 1.85. The minimum atomic E-state index is 0.263. The zero-order valence-electron chi connectivity index (χ0n) is 13.8. The smallest absolute Gasteiger partial charge is 0.165 e. The maximum absolute atomic E-state index is 9.19. The number of hydrogen-bond acceptors (Lipinski definition) is 5. The molecule has 0 amide bonds. The molecule has 0 radical (unpaired) electrons. The van der Waals surface area contributed by atoms with Crippen molar-refractivity contribution in [2.75, 3.05) is 5.73 Å². The van der Waals surface area contributed by atoms with Gasteiger partial charge in [-0.1, -0.05) is 48.5 Å². The summed E-state index contributed by atoms with van der Waals surface area (Å²) in [4.78, 5) is 4.41. The highest BCUT2D eigenvalue weighted by Gasteiger charge is 2.19. The minimum absolute atomic E-state index is 0.263. The van der Waals surface area contributed by atoms with Gasteiger partial charge in [0, 0.05) is 0 Å². The van der Waals surface area contributed by atoms with Gasteiger partial charge < -0.3 is 10.5 Å². The molecule has 0 saturated heterocycles. The average molecular weight is 341 g/mol. The third-order valence-electron chi connectivity index (χ3n) is 4.06. The van der Waals surface area contributed by atoms with Gasteiger partial charge >= 0.3 is 0 Å². The Morgan fingerprint density at radius 2 is 1.73 bits per heavy atom. The molecule has 4 rings (SSSR count). The van der Waals surface area contributed by atoms with E-state index in [1.165, 1.54) is 10.7 Å². The van der Waals surface area contributed by atoms with Gasteiger partial charge in [-0.15, -0.1) is 0 Å². The number of rotatable bonds is 4. The summed E-state index contributed by atoms with van der Waals surface area (Å²) in [7, 11) is 0. The average Bonchev–Trinajstić information content (AvgIpc) is 3.07. The Kier molecular flexibility index (Phi) is 3.96. The van der Waals surface area contributed by atoms with Crippen LogP contribution >= 0.6 is 0 Å². The topological polar surface area (TPSA) is 89.2 Å². The van der Waals surface area contributed by atoms with E-state index < -0.39 is 0 Å². The fraction of sp³-hybridized carbons (Fsp3) is 0.0500. The van der Waals surface area contributed by atoms with Crippen LogP contribution in [0.25, 0.3) is 16.8 Å². The van der Waals surface area contributed by atoms with Crippen molar-refractivity contribution in [3.05, 3.63) is 78.1 Å². The van der Waals surface area contributed by atoms with Gasteiger partial charge in [-0.05, 0) is 17.7 Å². The van der Waals surface area contributed by atoms with Crippen LogP contribution < -0.4 is 10.5 Å². The van der Waals surface area contributed by atoms with Crippen molar-refractivity contribution in [2.45, 2.75) is 6.61 Å². The molecular weight excluding hydrogens is 326 g/mol. The highest BCUT2D eigenvalue weighted by molar-refractivity contribution is 5.81. The van der Waals surface area contributed by atoms with Crippen LogP contribution in [0, 0.1) is 11.3 Å². The number of nitrogens with two attached hydrogens (primary N) is 1. The Labute approximate surface area is 150 Å². The first-order valence-electron chi connectivity index (χ1n) is 8.07. The lowest BCUT2D eigenvalue weighted by Gasteiger charge is -2.06. The normalized spacial score (nSPS) is 10.6. The third-order valence-corrected chi connectivity index (χ3v) is 4.06. The first-order valence-corrected chi connectivity index (χ1v) is 8.07. The van der Waals surface area contributed by atoms with Crippen molar-refractivity contribution in [1.29, 1.82) is 5.26 Å². The predicted molar refractivity (Wildman–Crippen MR) is 98.3 cm³/mol. The summed E-state index contributed by atoms with van der Waals surface area (Å²) in [6, 6.07) is 21.4. The molecule has 2 aromatic heterocycles. The number of nitriles is 1. The summed E-state index contributed by atoms with van der Waals surface area (Å²) < 4.78 is 7.38. The van der Waals surface area contributed by atoms with Crippen LogP contribution in [-0.2, 0) is 6.61 Å². The molecule has 0 aliphatic heterocycles. The van der Waals surface area contributed by atoms with Crippen LogP contribution in [0.2, 0.25) is 0 Å². The van der Waals surface area contributed by atoms with Crippen molar-refractivity contribution in [2.24, 2.45) is 0 Å². The Morgan fingerprint density at radius 1 is 1.04 bits per heavy atom. The number of aromatic nitrogens is 3. The van der Waals surface area contributed by atoms with E-state index in [2.05, 4.69) is 10.1 Å². The molecule has 2 aromatic carbocycles. The van der Waals surface area contributed by atoms with Crippen LogP contribution in [0.15, 0.2) is 66.9 Å². The molecule has 0 aliphatic carbocycles. The molecule has 26 heavy (non-hydrogen) atoms. The van der Waals surface area contributed by atoms with Gasteiger partial charge in [-0.3, -0.25) is 0 Å². The largest absolute Gasteiger partial charge is 0.487 e. The Morgan fingerprint density at radius 3 is 2.42 bits per heavy atom. The number of hydrogen-bond donors (Lipinski definition) is 1. The molecule has 2 heterocycles. The number of anilines is 1. The number of benzene rings is 2. The molecule has 126 valence electrons. The first kappa shape index (κ1) is 15.7. The summed E-state index contributed by atoms with van der Waals surface area (Å²) in [5.41, 5.74) is 9.49. The standard InChI is InChI=1S/C20H15N5O/c21-11-15-12-23-20-18(14-7-3-1-4-8-14)17(24-25(20)19(15)22)13-26-16-9-5-2-6-10-16/h1-10,12H,13,22H2. The molecule has 0 aliphatic rings. The number of fused-ring (bicyclic) bond motifs is 1. The molecule has 0 spiro atoms. The predicted octanol–water partition coefficient (Wildman–Crippen LogP) is 3.43. The van der Waals surface area contributed by atoms with Crippen molar-refractivity contribution in [1.82, 2.24) is 14.6 Å². The summed E-state index contributed by atoms with van der Waals surface area (Å²) in [6.45, 7) is 0.263. The number of ether oxygens (including phenoxy) is 1. The van der Waals surface area contributed by atoms with Gasteiger partial charge in [0.2, 0.25) is 0 Å². The highest BCUT2D eigenvalue weighted by Crippen LogP contribution is 2.30. The quantitative estimate of drug-likeness (QED) is 0.614. The van der Waals surface area contributed by atoms with Crippen molar-refractivity contribution < 1.29 is 4.74 Å². The Bertz CT molecular complexity index is 1100.